The van der Waals surface area contributed by atoms with Crippen LogP contribution in [-0.2, 0) is 11.2 Å². The zero-order valence-electron chi connectivity index (χ0n) is 5.03. The van der Waals surface area contributed by atoms with Crippen molar-refractivity contribution in [3.05, 3.63) is 11.1 Å². The first-order chi connectivity index (χ1) is 4.68. The Morgan fingerprint density at radius 3 is 3.00 bits per heavy atom. The fourth-order valence-electron chi connectivity index (χ4n) is 0.552. The Kier molecular flexibility index (Phi) is 1.86. The molecule has 2 N–H and O–H groups in total. The van der Waals surface area contributed by atoms with Crippen LogP contribution < -0.4 is 10.8 Å². The van der Waals surface area contributed by atoms with E-state index in [0.29, 0.717) is 10.8 Å². The predicted octanol–water partition coefficient (Wildman–Crippen LogP) is -0.982. The standard InChI is InChI=1S/C5H6N2O2S/c6-5-7-3(2-10-5)1-4(8)9/h2H,1H2,(H2,6,7)(H,8,9)/p-1. The van der Waals surface area contributed by atoms with E-state index in [9.17, 15) is 9.90 Å². The van der Waals surface area contributed by atoms with E-state index in [2.05, 4.69) is 4.98 Å². The minimum absolute atomic E-state index is 0.159. The van der Waals surface area contributed by atoms with Gasteiger partial charge in [-0.25, -0.2) is 4.98 Å². The molecule has 0 aliphatic carbocycles. The average Bonchev–Trinajstić information content (AvgIpc) is 2.13. The molecule has 10 heavy (non-hydrogen) atoms. The predicted molar refractivity (Wildman–Crippen MR) is 35.2 cm³/mol. The van der Waals surface area contributed by atoms with Crippen LogP contribution in [0.5, 0.6) is 0 Å². The van der Waals surface area contributed by atoms with E-state index in [-0.39, 0.29) is 6.42 Å². The van der Waals surface area contributed by atoms with E-state index in [1.54, 1.807) is 5.38 Å². The number of carbonyl (C=O) groups excluding carboxylic acids is 1. The van der Waals surface area contributed by atoms with E-state index in [4.69, 9.17) is 5.73 Å². The second kappa shape index (κ2) is 2.66. The molecule has 0 atom stereocenters. The summed E-state index contributed by atoms with van der Waals surface area (Å²) >= 11 is 1.22. The molecule has 0 bridgehead atoms. The van der Waals surface area contributed by atoms with Crippen molar-refractivity contribution >= 4 is 22.4 Å². The lowest BCUT2D eigenvalue weighted by Crippen LogP contribution is -2.24. The molecule has 0 saturated heterocycles. The normalized spacial score (nSPS) is 9.60. The summed E-state index contributed by atoms with van der Waals surface area (Å²) in [7, 11) is 0. The van der Waals surface area contributed by atoms with E-state index >= 15 is 0 Å². The van der Waals surface area contributed by atoms with Crippen LogP contribution in [0.25, 0.3) is 0 Å². The Balaban J connectivity index is 2.67. The molecule has 4 nitrogen and oxygen atoms in total. The number of nitrogens with two attached hydrogens (primary N) is 1. The first-order valence-electron chi connectivity index (χ1n) is 2.58. The van der Waals surface area contributed by atoms with Crippen LogP contribution in [0.2, 0.25) is 0 Å². The number of carboxylic acids is 1. The molecular weight excluding hydrogens is 152 g/mol. The van der Waals surface area contributed by atoms with Crippen LogP contribution in [0.15, 0.2) is 5.38 Å². The van der Waals surface area contributed by atoms with Crippen molar-refractivity contribution in [1.29, 1.82) is 0 Å². The van der Waals surface area contributed by atoms with Gasteiger partial charge in [0.25, 0.3) is 0 Å². The third kappa shape index (κ3) is 1.70. The number of rotatable bonds is 2. The topological polar surface area (TPSA) is 79.0 Å². The number of carboxylic acid groups (broad SMARTS) is 1. The van der Waals surface area contributed by atoms with Crippen molar-refractivity contribution in [3.63, 3.8) is 0 Å². The number of hydrogen-bond donors (Lipinski definition) is 1. The molecule has 0 aliphatic rings. The van der Waals surface area contributed by atoms with Gasteiger partial charge in [0.05, 0.1) is 5.69 Å². The number of aromatic nitrogens is 1. The number of nitrogen functional groups attached to an aromatic ring is 1. The molecule has 0 unspecified atom stereocenters. The summed E-state index contributed by atoms with van der Waals surface area (Å²) in [6, 6.07) is 0. The second-order valence-corrected chi connectivity index (χ2v) is 2.62. The maximum Gasteiger partial charge on any atom is 0.180 e. The fraction of sp³-hybridized carbons (Fsp3) is 0.200. The molecule has 0 aromatic carbocycles. The van der Waals surface area contributed by atoms with Gasteiger partial charge < -0.3 is 15.6 Å². The summed E-state index contributed by atoms with van der Waals surface area (Å²) in [5.41, 5.74) is 5.71. The Bertz CT molecular complexity index is 246. The summed E-state index contributed by atoms with van der Waals surface area (Å²) in [4.78, 5) is 13.7. The lowest BCUT2D eigenvalue weighted by Gasteiger charge is -1.94. The maximum atomic E-state index is 9.99. The first-order valence-corrected chi connectivity index (χ1v) is 3.46. The summed E-state index contributed by atoms with van der Waals surface area (Å²) in [6.07, 6.45) is -0.159. The Morgan fingerprint density at radius 1 is 1.90 bits per heavy atom. The van der Waals surface area contributed by atoms with Gasteiger partial charge in [-0.3, -0.25) is 0 Å². The molecule has 1 rings (SSSR count). The molecule has 5 heteroatoms. The smallest absolute Gasteiger partial charge is 0.180 e. The van der Waals surface area contributed by atoms with Crippen molar-refractivity contribution in [3.8, 4) is 0 Å². The fourth-order valence-corrected chi connectivity index (χ4v) is 1.11. The highest BCUT2D eigenvalue weighted by Gasteiger charge is 1.97. The van der Waals surface area contributed by atoms with E-state index in [0.717, 1.165) is 0 Å². The van der Waals surface area contributed by atoms with E-state index in [1.807, 2.05) is 0 Å². The van der Waals surface area contributed by atoms with Crippen LogP contribution in [0.1, 0.15) is 5.69 Å². The molecule has 0 amide bonds. The van der Waals surface area contributed by atoms with Gasteiger partial charge in [0, 0.05) is 17.8 Å². The molecular formula is C5H5N2O2S-. The lowest BCUT2D eigenvalue weighted by molar-refractivity contribution is -0.304. The molecule has 1 aromatic heterocycles. The summed E-state index contributed by atoms with van der Waals surface area (Å²) in [6.45, 7) is 0. The molecule has 0 aliphatic heterocycles. The van der Waals surface area contributed by atoms with Gasteiger partial charge in [-0.15, -0.1) is 11.3 Å². The number of thiazole rings is 1. The molecule has 0 spiro atoms. The molecule has 0 fully saturated rings. The van der Waals surface area contributed by atoms with Crippen molar-refractivity contribution in [2.45, 2.75) is 6.42 Å². The summed E-state index contributed by atoms with van der Waals surface area (Å²) < 4.78 is 0. The molecule has 54 valence electrons. The SMILES string of the molecule is Nc1nc(CC(=O)[O-])cs1. The van der Waals surface area contributed by atoms with Crippen LogP contribution >= 0.6 is 11.3 Å². The number of carbonyl (C=O) groups is 1. The minimum Gasteiger partial charge on any atom is -0.550 e. The monoisotopic (exact) mass is 157 g/mol. The highest BCUT2D eigenvalue weighted by Crippen LogP contribution is 2.10. The van der Waals surface area contributed by atoms with E-state index < -0.39 is 5.97 Å². The number of aliphatic carboxylic acids is 1. The lowest BCUT2D eigenvalue weighted by atomic mass is 10.3. The van der Waals surface area contributed by atoms with Crippen LogP contribution in [0.4, 0.5) is 5.13 Å². The molecule has 0 saturated carbocycles. The summed E-state index contributed by atoms with van der Waals surface area (Å²) in [5.74, 6) is -1.13. The van der Waals surface area contributed by atoms with Crippen molar-refractivity contribution in [2.24, 2.45) is 0 Å². The van der Waals surface area contributed by atoms with Crippen molar-refractivity contribution < 1.29 is 9.90 Å². The quantitative estimate of drug-likeness (QED) is 0.598. The number of anilines is 1. The van der Waals surface area contributed by atoms with Gasteiger partial charge in [0.1, 0.15) is 0 Å². The Morgan fingerprint density at radius 2 is 2.60 bits per heavy atom. The number of hydrogen-bond acceptors (Lipinski definition) is 5. The van der Waals surface area contributed by atoms with Crippen molar-refractivity contribution in [1.82, 2.24) is 4.98 Å². The van der Waals surface area contributed by atoms with Gasteiger partial charge in [-0.2, -0.15) is 0 Å². The van der Waals surface area contributed by atoms with Crippen LogP contribution in [0, 0.1) is 0 Å². The van der Waals surface area contributed by atoms with Gasteiger partial charge >= 0.3 is 0 Å². The zero-order chi connectivity index (χ0) is 7.56. The highest BCUT2D eigenvalue weighted by molar-refractivity contribution is 7.13. The Labute approximate surface area is 61.3 Å². The third-order valence-electron chi connectivity index (χ3n) is 0.895. The largest absolute Gasteiger partial charge is 0.550 e. The summed E-state index contributed by atoms with van der Waals surface area (Å²) in [5, 5.41) is 12.0. The van der Waals surface area contributed by atoms with Crippen molar-refractivity contribution in [2.75, 3.05) is 5.73 Å². The number of nitrogens with zero attached hydrogens (tertiary/aromatic N) is 1. The van der Waals surface area contributed by atoms with Crippen LogP contribution in [0.3, 0.4) is 0 Å². The van der Waals surface area contributed by atoms with Gasteiger partial charge in [0.2, 0.25) is 0 Å². The molecule has 1 heterocycles. The van der Waals surface area contributed by atoms with E-state index in [1.165, 1.54) is 11.3 Å². The first kappa shape index (κ1) is 7.01. The third-order valence-corrected chi connectivity index (χ3v) is 1.62. The highest BCUT2D eigenvalue weighted by atomic mass is 32.1. The molecule has 0 radical (unpaired) electrons. The zero-order valence-corrected chi connectivity index (χ0v) is 5.85. The molecule has 1 aromatic rings. The minimum atomic E-state index is -1.13. The van der Waals surface area contributed by atoms with Gasteiger partial charge in [-0.05, 0) is 0 Å². The second-order valence-electron chi connectivity index (χ2n) is 1.73. The Hall–Kier alpha value is -1.10. The van der Waals surface area contributed by atoms with Gasteiger partial charge in [-0.1, -0.05) is 0 Å². The average molecular weight is 157 g/mol. The van der Waals surface area contributed by atoms with Crippen LogP contribution in [-0.4, -0.2) is 11.0 Å². The maximum absolute atomic E-state index is 9.99. The van der Waals surface area contributed by atoms with Gasteiger partial charge in [0.15, 0.2) is 5.13 Å².